The third kappa shape index (κ3) is 1.78. The van der Waals surface area contributed by atoms with Crippen LogP contribution in [-0.4, -0.2) is 4.98 Å². The molecule has 1 aromatic heterocycles. The maximum atomic E-state index is 5.92. The maximum absolute atomic E-state index is 5.92. The Bertz CT molecular complexity index is 332. The molecule has 1 aromatic rings. The fraction of sp³-hybridized carbons (Fsp3) is 0.182. The summed E-state index contributed by atoms with van der Waals surface area (Å²) in [5.74, 6) is 0. The summed E-state index contributed by atoms with van der Waals surface area (Å²) in [6.45, 7) is 11.5. The zero-order valence-corrected chi connectivity index (χ0v) is 8.09. The number of nitrogen functional groups attached to an aromatic ring is 1. The molecule has 2 N–H and O–H groups in total. The molecule has 0 saturated carbocycles. The van der Waals surface area contributed by atoms with Gasteiger partial charge >= 0.3 is 0 Å². The van der Waals surface area contributed by atoms with Gasteiger partial charge in [-0.1, -0.05) is 13.2 Å². The molecule has 0 bridgehead atoms. The molecule has 0 fully saturated rings. The topological polar surface area (TPSA) is 38.9 Å². The number of aromatic nitrogens is 1. The average molecular weight is 174 g/mol. The predicted octanol–water partition coefficient (Wildman–Crippen LogP) is 2.73. The molecule has 0 amide bonds. The van der Waals surface area contributed by atoms with E-state index in [0.29, 0.717) is 0 Å². The van der Waals surface area contributed by atoms with Crippen LogP contribution in [0.25, 0.3) is 11.1 Å². The summed E-state index contributed by atoms with van der Waals surface area (Å²) in [5.41, 5.74) is 10.3. The maximum Gasteiger partial charge on any atom is 0.0497 e. The number of anilines is 1. The van der Waals surface area contributed by atoms with Crippen LogP contribution in [0.15, 0.2) is 25.6 Å². The molecule has 2 heteroatoms. The molecule has 0 aromatic carbocycles. The lowest BCUT2D eigenvalue weighted by molar-refractivity contribution is 1.29. The molecule has 13 heavy (non-hydrogen) atoms. The quantitative estimate of drug-likeness (QED) is 0.748. The fourth-order valence-electron chi connectivity index (χ4n) is 1.15. The van der Waals surface area contributed by atoms with Crippen molar-refractivity contribution < 1.29 is 0 Å². The standard InChI is InChI=1S/C11H14N2/c1-7(2)9-5-13-6-10(8(3)4)11(9)12/h5-6H,1,3H2,2,4H3,(H2,12,13). The van der Waals surface area contributed by atoms with Crippen molar-refractivity contribution in [3.63, 3.8) is 0 Å². The molecule has 1 rings (SSSR count). The van der Waals surface area contributed by atoms with Gasteiger partial charge in [0.25, 0.3) is 0 Å². The number of allylic oxidation sites excluding steroid dienone is 2. The zero-order valence-electron chi connectivity index (χ0n) is 8.09. The van der Waals surface area contributed by atoms with Crippen molar-refractivity contribution >= 4 is 16.8 Å². The minimum atomic E-state index is 0.718. The van der Waals surface area contributed by atoms with Crippen LogP contribution in [0.1, 0.15) is 25.0 Å². The normalized spacial score (nSPS) is 9.69. The summed E-state index contributed by atoms with van der Waals surface area (Å²) in [7, 11) is 0. The third-order valence-electron chi connectivity index (χ3n) is 1.91. The Kier molecular flexibility index (Phi) is 2.52. The first-order chi connectivity index (χ1) is 6.04. The second-order valence-electron chi connectivity index (χ2n) is 3.21. The van der Waals surface area contributed by atoms with Crippen LogP contribution in [0.2, 0.25) is 0 Å². The van der Waals surface area contributed by atoms with Gasteiger partial charge in [-0.2, -0.15) is 0 Å². The first-order valence-corrected chi connectivity index (χ1v) is 4.09. The Morgan fingerprint density at radius 1 is 1.15 bits per heavy atom. The van der Waals surface area contributed by atoms with E-state index in [0.717, 1.165) is 28.0 Å². The summed E-state index contributed by atoms with van der Waals surface area (Å²) >= 11 is 0. The van der Waals surface area contributed by atoms with E-state index in [2.05, 4.69) is 18.1 Å². The van der Waals surface area contributed by atoms with Gasteiger partial charge in [-0.05, 0) is 25.0 Å². The summed E-state index contributed by atoms with van der Waals surface area (Å²) in [6.07, 6.45) is 3.45. The van der Waals surface area contributed by atoms with Gasteiger partial charge in [0.15, 0.2) is 0 Å². The van der Waals surface area contributed by atoms with Crippen LogP contribution in [0.5, 0.6) is 0 Å². The zero-order chi connectivity index (χ0) is 10.0. The Balaban J connectivity index is 3.35. The Hall–Kier alpha value is -1.57. The van der Waals surface area contributed by atoms with Crippen molar-refractivity contribution in [3.8, 4) is 0 Å². The number of hydrogen-bond donors (Lipinski definition) is 1. The molecule has 0 aliphatic rings. The molecule has 0 saturated heterocycles. The molecule has 0 spiro atoms. The van der Waals surface area contributed by atoms with Crippen LogP contribution in [-0.2, 0) is 0 Å². The number of nitrogens with zero attached hydrogens (tertiary/aromatic N) is 1. The largest absolute Gasteiger partial charge is 0.398 e. The van der Waals surface area contributed by atoms with E-state index in [4.69, 9.17) is 5.73 Å². The smallest absolute Gasteiger partial charge is 0.0497 e. The fourth-order valence-corrected chi connectivity index (χ4v) is 1.15. The SMILES string of the molecule is C=C(C)c1cncc(C(=C)C)c1N. The summed E-state index contributed by atoms with van der Waals surface area (Å²) in [5, 5.41) is 0. The first kappa shape index (κ1) is 9.52. The average Bonchev–Trinajstić information content (AvgIpc) is 2.03. The second kappa shape index (κ2) is 3.44. The Morgan fingerprint density at radius 3 is 1.85 bits per heavy atom. The summed E-state index contributed by atoms with van der Waals surface area (Å²) in [4.78, 5) is 4.09. The highest BCUT2D eigenvalue weighted by molar-refractivity contribution is 5.81. The highest BCUT2D eigenvalue weighted by atomic mass is 14.7. The molecule has 0 aliphatic heterocycles. The number of hydrogen-bond acceptors (Lipinski definition) is 2. The number of rotatable bonds is 2. The predicted molar refractivity (Wildman–Crippen MR) is 58.1 cm³/mol. The van der Waals surface area contributed by atoms with Crippen molar-refractivity contribution in [2.75, 3.05) is 5.73 Å². The van der Waals surface area contributed by atoms with Gasteiger partial charge in [-0.25, -0.2) is 0 Å². The van der Waals surface area contributed by atoms with Crippen molar-refractivity contribution in [3.05, 3.63) is 36.7 Å². The lowest BCUT2D eigenvalue weighted by atomic mass is 10.0. The molecule has 0 radical (unpaired) electrons. The van der Waals surface area contributed by atoms with Gasteiger partial charge in [-0.15, -0.1) is 0 Å². The van der Waals surface area contributed by atoms with Gasteiger partial charge in [0, 0.05) is 29.2 Å². The molecular formula is C11H14N2. The monoisotopic (exact) mass is 174 g/mol. The van der Waals surface area contributed by atoms with Gasteiger partial charge in [0.2, 0.25) is 0 Å². The molecule has 0 aliphatic carbocycles. The molecular weight excluding hydrogens is 160 g/mol. The lowest BCUT2D eigenvalue weighted by Gasteiger charge is -2.09. The third-order valence-corrected chi connectivity index (χ3v) is 1.91. The van der Waals surface area contributed by atoms with E-state index in [-0.39, 0.29) is 0 Å². The van der Waals surface area contributed by atoms with Crippen LogP contribution >= 0.6 is 0 Å². The Morgan fingerprint density at radius 2 is 1.54 bits per heavy atom. The van der Waals surface area contributed by atoms with Crippen LogP contribution < -0.4 is 5.73 Å². The van der Waals surface area contributed by atoms with Crippen molar-refractivity contribution in [2.24, 2.45) is 0 Å². The molecule has 0 unspecified atom stereocenters. The second-order valence-corrected chi connectivity index (χ2v) is 3.21. The van der Waals surface area contributed by atoms with Crippen LogP contribution in [0.3, 0.4) is 0 Å². The van der Waals surface area contributed by atoms with Crippen LogP contribution in [0.4, 0.5) is 5.69 Å². The van der Waals surface area contributed by atoms with Gasteiger partial charge in [0.05, 0.1) is 0 Å². The highest BCUT2D eigenvalue weighted by Gasteiger charge is 2.05. The van der Waals surface area contributed by atoms with Gasteiger partial charge in [0.1, 0.15) is 0 Å². The number of nitrogens with two attached hydrogens (primary N) is 1. The molecule has 1 heterocycles. The Labute approximate surface area is 78.8 Å². The van der Waals surface area contributed by atoms with E-state index in [1.807, 2.05) is 13.8 Å². The highest BCUT2D eigenvalue weighted by Crippen LogP contribution is 2.26. The van der Waals surface area contributed by atoms with E-state index in [1.165, 1.54) is 0 Å². The van der Waals surface area contributed by atoms with Gasteiger partial charge < -0.3 is 5.73 Å². The molecule has 0 atom stereocenters. The van der Waals surface area contributed by atoms with E-state index in [1.54, 1.807) is 12.4 Å². The minimum absolute atomic E-state index is 0.718. The van der Waals surface area contributed by atoms with Crippen molar-refractivity contribution in [1.82, 2.24) is 4.98 Å². The van der Waals surface area contributed by atoms with Gasteiger partial charge in [-0.3, -0.25) is 4.98 Å². The first-order valence-electron chi connectivity index (χ1n) is 4.09. The van der Waals surface area contributed by atoms with Crippen LogP contribution in [0, 0.1) is 0 Å². The lowest BCUT2D eigenvalue weighted by Crippen LogP contribution is -1.98. The van der Waals surface area contributed by atoms with Crippen molar-refractivity contribution in [1.29, 1.82) is 0 Å². The summed E-state index contributed by atoms with van der Waals surface area (Å²) in [6, 6.07) is 0. The van der Waals surface area contributed by atoms with Crippen molar-refractivity contribution in [2.45, 2.75) is 13.8 Å². The van der Waals surface area contributed by atoms with E-state index in [9.17, 15) is 0 Å². The minimum Gasteiger partial charge on any atom is -0.398 e. The van der Waals surface area contributed by atoms with E-state index < -0.39 is 0 Å². The summed E-state index contributed by atoms with van der Waals surface area (Å²) < 4.78 is 0. The van der Waals surface area contributed by atoms with E-state index >= 15 is 0 Å². The number of pyridine rings is 1. The molecule has 2 nitrogen and oxygen atoms in total. The molecule has 68 valence electrons.